The molecule has 0 radical (unpaired) electrons. The second-order valence-corrected chi connectivity index (χ2v) is 4.34. The van der Waals surface area contributed by atoms with Gasteiger partial charge in [-0.2, -0.15) is 0 Å². The molecule has 1 fully saturated rings. The predicted molar refractivity (Wildman–Crippen MR) is 55.0 cm³/mol. The predicted octanol–water partition coefficient (Wildman–Crippen LogP) is 0.657. The van der Waals surface area contributed by atoms with E-state index in [1.54, 1.807) is 0 Å². The summed E-state index contributed by atoms with van der Waals surface area (Å²) in [4.78, 5) is 4.67. The zero-order valence-corrected chi connectivity index (χ0v) is 9.29. The fraction of sp³-hybridized carbons (Fsp3) is 1.00. The van der Waals surface area contributed by atoms with Gasteiger partial charge < -0.3 is 9.64 Å². The highest BCUT2D eigenvalue weighted by Crippen LogP contribution is 2.08. The maximum Gasteiger partial charge on any atom is 0.0829 e. The van der Waals surface area contributed by atoms with E-state index in [9.17, 15) is 0 Å². The largest absolute Gasteiger partial charge is 0.374 e. The monoisotopic (exact) mass is 186 g/mol. The van der Waals surface area contributed by atoms with Crippen LogP contribution in [0.4, 0.5) is 0 Å². The van der Waals surface area contributed by atoms with E-state index in [-0.39, 0.29) is 0 Å². The number of nitrogens with zero attached hydrogens (tertiary/aromatic N) is 2. The van der Waals surface area contributed by atoms with E-state index in [4.69, 9.17) is 4.74 Å². The fourth-order valence-corrected chi connectivity index (χ4v) is 1.73. The molecule has 1 atom stereocenters. The third-order valence-corrected chi connectivity index (χ3v) is 2.47. The van der Waals surface area contributed by atoms with Crippen molar-refractivity contribution in [2.75, 3.05) is 40.3 Å². The number of morpholine rings is 1. The molecule has 0 aromatic heterocycles. The third-order valence-electron chi connectivity index (χ3n) is 2.47. The second-order valence-electron chi connectivity index (χ2n) is 4.34. The van der Waals surface area contributed by atoms with Gasteiger partial charge in [0.2, 0.25) is 0 Å². The van der Waals surface area contributed by atoms with Gasteiger partial charge in [-0.25, -0.2) is 0 Å². The minimum absolute atomic E-state index is 0.395. The number of rotatable bonds is 3. The minimum Gasteiger partial charge on any atom is -0.374 e. The summed E-state index contributed by atoms with van der Waals surface area (Å²) >= 11 is 0. The van der Waals surface area contributed by atoms with Gasteiger partial charge in [0.15, 0.2) is 0 Å². The molecule has 0 aliphatic carbocycles. The third kappa shape index (κ3) is 3.63. The number of ether oxygens (including phenoxy) is 1. The topological polar surface area (TPSA) is 15.7 Å². The zero-order valence-electron chi connectivity index (χ0n) is 9.29. The molecule has 1 rings (SSSR count). The molecule has 1 aliphatic heterocycles. The first-order chi connectivity index (χ1) is 6.09. The summed E-state index contributed by atoms with van der Waals surface area (Å²) in [6.45, 7) is 8.58. The van der Waals surface area contributed by atoms with Gasteiger partial charge in [0.1, 0.15) is 0 Å². The zero-order chi connectivity index (χ0) is 9.84. The Morgan fingerprint density at radius 3 is 2.69 bits per heavy atom. The van der Waals surface area contributed by atoms with Gasteiger partial charge in [0, 0.05) is 25.7 Å². The van der Waals surface area contributed by atoms with Crippen molar-refractivity contribution in [2.24, 2.45) is 0 Å². The first-order valence-electron chi connectivity index (χ1n) is 5.10. The van der Waals surface area contributed by atoms with Gasteiger partial charge in [-0.15, -0.1) is 0 Å². The van der Waals surface area contributed by atoms with Crippen LogP contribution in [0.3, 0.4) is 0 Å². The number of likely N-dealkylation sites (N-methyl/N-ethyl adjacent to an activating group) is 1. The van der Waals surface area contributed by atoms with Gasteiger partial charge in [-0.05, 0) is 27.9 Å². The molecule has 0 unspecified atom stereocenters. The molecule has 1 heterocycles. The van der Waals surface area contributed by atoms with E-state index in [0.29, 0.717) is 12.1 Å². The lowest BCUT2D eigenvalue weighted by Crippen LogP contribution is -2.48. The molecule has 0 bridgehead atoms. The molecule has 1 saturated heterocycles. The molecule has 0 N–H and O–H groups in total. The molecule has 13 heavy (non-hydrogen) atoms. The fourth-order valence-electron chi connectivity index (χ4n) is 1.73. The molecule has 0 aromatic carbocycles. The number of hydrogen-bond acceptors (Lipinski definition) is 3. The molecule has 3 heteroatoms. The van der Waals surface area contributed by atoms with E-state index in [1.807, 2.05) is 0 Å². The Labute approximate surface area is 81.7 Å². The molecule has 0 saturated carbocycles. The normalized spacial score (nSPS) is 25.8. The van der Waals surface area contributed by atoms with E-state index in [0.717, 1.165) is 26.2 Å². The lowest BCUT2D eigenvalue weighted by molar-refractivity contribution is -0.0472. The minimum atomic E-state index is 0.395. The van der Waals surface area contributed by atoms with Crippen molar-refractivity contribution in [3.05, 3.63) is 0 Å². The van der Waals surface area contributed by atoms with Crippen LogP contribution in [0.15, 0.2) is 0 Å². The summed E-state index contributed by atoms with van der Waals surface area (Å²) in [5, 5.41) is 0. The summed E-state index contributed by atoms with van der Waals surface area (Å²) < 4.78 is 5.69. The van der Waals surface area contributed by atoms with E-state index >= 15 is 0 Å². The maximum atomic E-state index is 5.69. The van der Waals surface area contributed by atoms with Crippen molar-refractivity contribution in [2.45, 2.75) is 26.0 Å². The van der Waals surface area contributed by atoms with Crippen LogP contribution in [-0.4, -0.2) is 62.3 Å². The van der Waals surface area contributed by atoms with Crippen LogP contribution in [-0.2, 0) is 4.74 Å². The quantitative estimate of drug-likeness (QED) is 0.644. The van der Waals surface area contributed by atoms with Crippen LogP contribution in [0.25, 0.3) is 0 Å². The van der Waals surface area contributed by atoms with E-state index < -0.39 is 0 Å². The van der Waals surface area contributed by atoms with Crippen LogP contribution in [0, 0.1) is 0 Å². The highest BCUT2D eigenvalue weighted by Gasteiger charge is 2.22. The highest BCUT2D eigenvalue weighted by atomic mass is 16.5. The molecule has 1 aliphatic rings. The Morgan fingerprint density at radius 1 is 1.46 bits per heavy atom. The Bertz CT molecular complexity index is 148. The summed E-state index contributed by atoms with van der Waals surface area (Å²) in [7, 11) is 4.19. The molecular weight excluding hydrogens is 164 g/mol. The Hall–Kier alpha value is -0.120. The van der Waals surface area contributed by atoms with E-state index in [1.165, 1.54) is 0 Å². The second kappa shape index (κ2) is 4.94. The van der Waals surface area contributed by atoms with Gasteiger partial charge in [0.25, 0.3) is 0 Å². The average Bonchev–Trinajstić information content (AvgIpc) is 2.03. The number of hydrogen-bond donors (Lipinski definition) is 0. The Morgan fingerprint density at radius 2 is 2.15 bits per heavy atom. The van der Waals surface area contributed by atoms with Crippen molar-refractivity contribution >= 4 is 0 Å². The average molecular weight is 186 g/mol. The van der Waals surface area contributed by atoms with Gasteiger partial charge in [0.05, 0.1) is 12.7 Å². The lowest BCUT2D eigenvalue weighted by atomic mass is 10.2. The van der Waals surface area contributed by atoms with Gasteiger partial charge in [-0.1, -0.05) is 0 Å². The van der Waals surface area contributed by atoms with E-state index in [2.05, 4.69) is 37.7 Å². The smallest absolute Gasteiger partial charge is 0.0829 e. The van der Waals surface area contributed by atoms with Crippen LogP contribution in [0.1, 0.15) is 13.8 Å². The Balaban J connectivity index is 2.33. The first kappa shape index (κ1) is 11.0. The summed E-state index contributed by atoms with van der Waals surface area (Å²) in [6, 6.07) is 0.647. The van der Waals surface area contributed by atoms with Crippen molar-refractivity contribution < 1.29 is 4.74 Å². The van der Waals surface area contributed by atoms with Gasteiger partial charge >= 0.3 is 0 Å². The molecule has 78 valence electrons. The summed E-state index contributed by atoms with van der Waals surface area (Å²) in [5.74, 6) is 0. The van der Waals surface area contributed by atoms with Crippen LogP contribution in [0.5, 0.6) is 0 Å². The SMILES string of the molecule is CC(C)N1CCO[C@H](CN(C)C)C1. The Kier molecular flexibility index (Phi) is 4.16. The molecule has 0 amide bonds. The summed E-state index contributed by atoms with van der Waals surface area (Å²) in [6.07, 6.45) is 0.395. The van der Waals surface area contributed by atoms with Crippen LogP contribution >= 0.6 is 0 Å². The van der Waals surface area contributed by atoms with Crippen molar-refractivity contribution in [3.8, 4) is 0 Å². The summed E-state index contributed by atoms with van der Waals surface area (Å²) in [5.41, 5.74) is 0. The maximum absolute atomic E-state index is 5.69. The molecular formula is C10H22N2O. The molecule has 0 aromatic rings. The molecule has 3 nitrogen and oxygen atoms in total. The molecule has 0 spiro atoms. The van der Waals surface area contributed by atoms with Crippen molar-refractivity contribution in [3.63, 3.8) is 0 Å². The van der Waals surface area contributed by atoms with Crippen molar-refractivity contribution in [1.29, 1.82) is 0 Å². The first-order valence-corrected chi connectivity index (χ1v) is 5.10. The van der Waals surface area contributed by atoms with Gasteiger partial charge in [-0.3, -0.25) is 4.90 Å². The standard InChI is InChI=1S/C10H22N2O/c1-9(2)12-5-6-13-10(8-12)7-11(3)4/h9-10H,5-8H2,1-4H3/t10-/m1/s1. The van der Waals surface area contributed by atoms with Crippen molar-refractivity contribution in [1.82, 2.24) is 9.80 Å². The lowest BCUT2D eigenvalue weighted by Gasteiger charge is -2.36. The van der Waals surface area contributed by atoms with Crippen LogP contribution < -0.4 is 0 Å². The van der Waals surface area contributed by atoms with Crippen LogP contribution in [0.2, 0.25) is 0 Å². The highest BCUT2D eigenvalue weighted by molar-refractivity contribution is 4.75.